The van der Waals surface area contributed by atoms with Crippen molar-refractivity contribution in [2.24, 2.45) is 5.92 Å². The zero-order chi connectivity index (χ0) is 21.3. The van der Waals surface area contributed by atoms with Gasteiger partial charge in [0.25, 0.3) is 5.91 Å². The van der Waals surface area contributed by atoms with Crippen LogP contribution in [0.2, 0.25) is 0 Å². The van der Waals surface area contributed by atoms with Crippen LogP contribution in [0.4, 0.5) is 0 Å². The Balaban J connectivity index is 1.35. The molecule has 30 heavy (non-hydrogen) atoms. The van der Waals surface area contributed by atoms with Crippen molar-refractivity contribution >= 4 is 17.7 Å². The molecule has 4 rings (SSSR count). The molecular weight excluding hydrogens is 382 g/mol. The molecule has 1 saturated carbocycles. The minimum Gasteiger partial charge on any atom is -0.490 e. The van der Waals surface area contributed by atoms with Crippen molar-refractivity contribution in [1.82, 2.24) is 14.7 Å². The summed E-state index contributed by atoms with van der Waals surface area (Å²) in [6, 6.07) is 6.78. The van der Waals surface area contributed by atoms with Gasteiger partial charge in [0.2, 0.25) is 11.8 Å². The van der Waals surface area contributed by atoms with E-state index < -0.39 is 6.04 Å². The summed E-state index contributed by atoms with van der Waals surface area (Å²) in [5.41, 5.74) is 0.540. The number of piperidine rings is 1. The van der Waals surface area contributed by atoms with Crippen LogP contribution in [0, 0.1) is 5.92 Å². The quantitative estimate of drug-likeness (QED) is 0.742. The highest BCUT2D eigenvalue weighted by Gasteiger charge is 2.36. The normalized spacial score (nSPS) is 22.9. The Bertz CT molecular complexity index is 814. The van der Waals surface area contributed by atoms with Gasteiger partial charge in [-0.2, -0.15) is 0 Å². The lowest BCUT2D eigenvalue weighted by Crippen LogP contribution is -2.57. The fourth-order valence-corrected chi connectivity index (χ4v) is 4.36. The summed E-state index contributed by atoms with van der Waals surface area (Å²) in [5.74, 6) is 1.09. The van der Waals surface area contributed by atoms with Gasteiger partial charge in [0.05, 0.1) is 0 Å². The number of likely N-dealkylation sites (tertiary alicyclic amines) is 1. The van der Waals surface area contributed by atoms with E-state index in [0.29, 0.717) is 36.9 Å². The highest BCUT2D eigenvalue weighted by molar-refractivity contribution is 5.98. The van der Waals surface area contributed by atoms with Crippen molar-refractivity contribution in [1.29, 1.82) is 0 Å². The van der Waals surface area contributed by atoms with Crippen LogP contribution in [0.25, 0.3) is 0 Å². The number of amides is 3. The van der Waals surface area contributed by atoms with Crippen LogP contribution < -0.4 is 4.74 Å². The second-order valence-corrected chi connectivity index (χ2v) is 8.54. The number of benzene rings is 1. The fourth-order valence-electron chi connectivity index (χ4n) is 4.36. The summed E-state index contributed by atoms with van der Waals surface area (Å²) in [5, 5.41) is 0. The zero-order valence-corrected chi connectivity index (χ0v) is 17.9. The maximum atomic E-state index is 13.0. The van der Waals surface area contributed by atoms with E-state index in [-0.39, 0.29) is 23.8 Å². The van der Waals surface area contributed by atoms with Crippen LogP contribution in [0.1, 0.15) is 49.9 Å². The van der Waals surface area contributed by atoms with Gasteiger partial charge >= 0.3 is 0 Å². The number of likely N-dealkylation sites (N-methyl/N-ethyl adjacent to an activating group) is 1. The van der Waals surface area contributed by atoms with Crippen LogP contribution in [-0.4, -0.2) is 77.3 Å². The molecule has 162 valence electrons. The average Bonchev–Trinajstić information content (AvgIpc) is 3.61. The molecule has 3 aliphatic rings. The van der Waals surface area contributed by atoms with Gasteiger partial charge in [-0.1, -0.05) is 6.07 Å². The number of hydrogen-bond donors (Lipinski definition) is 0. The van der Waals surface area contributed by atoms with Gasteiger partial charge in [-0.05, 0) is 44.9 Å². The second kappa shape index (κ2) is 8.66. The third-order valence-corrected chi connectivity index (χ3v) is 6.45. The lowest BCUT2D eigenvalue weighted by atomic mass is 10.1. The van der Waals surface area contributed by atoms with E-state index in [1.54, 1.807) is 28.9 Å². The van der Waals surface area contributed by atoms with Gasteiger partial charge in [0.1, 0.15) is 17.9 Å². The summed E-state index contributed by atoms with van der Waals surface area (Å²) in [6.07, 6.45) is 3.73. The SMILES string of the molecule is CCN1CCN(C(=O)c2cccc(OC3CCN(C(=O)C4CC4)CC3)c2)[C@@H](C)C1=O. The molecule has 2 aliphatic heterocycles. The van der Waals surface area contributed by atoms with E-state index in [1.165, 1.54) is 0 Å². The standard InChI is InChI=1S/C23H31N3O4/c1-3-24-13-14-26(16(2)21(24)27)23(29)18-5-4-6-20(15-18)30-19-9-11-25(12-10-19)22(28)17-7-8-17/h4-6,15-17,19H,3,7-14H2,1-2H3/t16-/m0/s1. The Morgan fingerprint density at radius 3 is 2.47 bits per heavy atom. The Morgan fingerprint density at radius 2 is 1.80 bits per heavy atom. The van der Waals surface area contributed by atoms with Crippen molar-refractivity contribution in [2.75, 3.05) is 32.7 Å². The predicted molar refractivity (Wildman–Crippen MR) is 112 cm³/mol. The lowest BCUT2D eigenvalue weighted by molar-refractivity contribution is -0.139. The van der Waals surface area contributed by atoms with Gasteiger partial charge in [-0.25, -0.2) is 0 Å². The topological polar surface area (TPSA) is 70.2 Å². The second-order valence-electron chi connectivity index (χ2n) is 8.54. The first-order valence-electron chi connectivity index (χ1n) is 11.1. The molecule has 7 nitrogen and oxygen atoms in total. The van der Waals surface area contributed by atoms with Crippen LogP contribution in [0.5, 0.6) is 5.75 Å². The molecule has 0 bridgehead atoms. The first-order chi connectivity index (χ1) is 14.5. The molecule has 1 aromatic rings. The van der Waals surface area contributed by atoms with E-state index in [1.807, 2.05) is 24.0 Å². The third-order valence-electron chi connectivity index (χ3n) is 6.45. The van der Waals surface area contributed by atoms with E-state index >= 15 is 0 Å². The zero-order valence-electron chi connectivity index (χ0n) is 17.9. The van der Waals surface area contributed by atoms with Gasteiger partial charge in [0.15, 0.2) is 0 Å². The summed E-state index contributed by atoms with van der Waals surface area (Å²) >= 11 is 0. The van der Waals surface area contributed by atoms with Gasteiger partial charge in [0, 0.05) is 57.0 Å². The number of nitrogens with zero attached hydrogens (tertiary/aromatic N) is 3. The molecule has 0 aromatic heterocycles. The van der Waals surface area contributed by atoms with Crippen LogP contribution >= 0.6 is 0 Å². The average molecular weight is 414 g/mol. The predicted octanol–water partition coefficient (Wildman–Crippen LogP) is 2.16. The maximum Gasteiger partial charge on any atom is 0.254 e. The number of rotatable bonds is 5. The Hall–Kier alpha value is -2.57. The first-order valence-corrected chi connectivity index (χ1v) is 11.1. The van der Waals surface area contributed by atoms with Crippen LogP contribution in [0.15, 0.2) is 24.3 Å². The highest BCUT2D eigenvalue weighted by Crippen LogP contribution is 2.32. The largest absolute Gasteiger partial charge is 0.490 e. The molecule has 2 saturated heterocycles. The monoisotopic (exact) mass is 413 g/mol. The molecule has 0 unspecified atom stereocenters. The van der Waals surface area contributed by atoms with Crippen molar-refractivity contribution in [2.45, 2.75) is 51.7 Å². The molecule has 1 atom stereocenters. The number of carbonyl (C=O) groups excluding carboxylic acids is 3. The summed E-state index contributed by atoms with van der Waals surface area (Å²) in [6.45, 7) is 6.99. The first kappa shape index (κ1) is 20.7. The molecule has 3 amide bonds. The molecule has 1 aliphatic carbocycles. The van der Waals surface area contributed by atoms with Crippen LogP contribution in [-0.2, 0) is 9.59 Å². The van der Waals surface area contributed by atoms with Gasteiger partial charge < -0.3 is 19.4 Å². The molecule has 0 N–H and O–H groups in total. The number of piperazine rings is 1. The third kappa shape index (κ3) is 4.30. The van der Waals surface area contributed by atoms with Crippen LogP contribution in [0.3, 0.4) is 0 Å². The van der Waals surface area contributed by atoms with Crippen molar-refractivity contribution in [3.05, 3.63) is 29.8 Å². The van der Waals surface area contributed by atoms with Gasteiger partial charge in [-0.15, -0.1) is 0 Å². The molecule has 0 spiro atoms. The van der Waals surface area contributed by atoms with Crippen molar-refractivity contribution < 1.29 is 19.1 Å². The molecule has 7 heteroatoms. The molecular formula is C23H31N3O4. The van der Waals surface area contributed by atoms with Crippen molar-refractivity contribution in [3.63, 3.8) is 0 Å². The molecule has 0 radical (unpaired) electrons. The smallest absolute Gasteiger partial charge is 0.254 e. The maximum absolute atomic E-state index is 13.0. The summed E-state index contributed by atoms with van der Waals surface area (Å²) in [4.78, 5) is 43.1. The minimum atomic E-state index is -0.455. The van der Waals surface area contributed by atoms with E-state index in [2.05, 4.69) is 0 Å². The van der Waals surface area contributed by atoms with Gasteiger partial charge in [-0.3, -0.25) is 14.4 Å². The fraction of sp³-hybridized carbons (Fsp3) is 0.609. The van der Waals surface area contributed by atoms with E-state index in [9.17, 15) is 14.4 Å². The number of hydrogen-bond acceptors (Lipinski definition) is 4. The Morgan fingerprint density at radius 1 is 1.07 bits per heavy atom. The van der Waals surface area contributed by atoms with E-state index in [4.69, 9.17) is 4.74 Å². The molecule has 1 aromatic carbocycles. The molecule has 3 fully saturated rings. The summed E-state index contributed by atoms with van der Waals surface area (Å²) in [7, 11) is 0. The highest BCUT2D eigenvalue weighted by atomic mass is 16.5. The Kier molecular flexibility index (Phi) is 5.97. The Labute approximate surface area is 177 Å². The van der Waals surface area contributed by atoms with E-state index in [0.717, 1.165) is 38.8 Å². The molecule has 2 heterocycles. The number of carbonyl (C=O) groups is 3. The minimum absolute atomic E-state index is 0.00277. The number of ether oxygens (including phenoxy) is 1. The summed E-state index contributed by atoms with van der Waals surface area (Å²) < 4.78 is 6.14. The van der Waals surface area contributed by atoms with Crippen molar-refractivity contribution in [3.8, 4) is 5.75 Å². The lowest BCUT2D eigenvalue weighted by Gasteiger charge is -2.38.